The zero-order valence-corrected chi connectivity index (χ0v) is 16.0. The van der Waals surface area contributed by atoms with Gasteiger partial charge in [0.1, 0.15) is 11.6 Å². The molecule has 1 heterocycles. The Bertz CT molecular complexity index is 1040. The molecule has 0 unspecified atom stereocenters. The van der Waals surface area contributed by atoms with Gasteiger partial charge in [0.15, 0.2) is 11.8 Å². The first-order chi connectivity index (χ1) is 13.7. The number of ether oxygens (including phenoxy) is 1. The predicted octanol–water partition coefficient (Wildman–Crippen LogP) is 4.49. The molecule has 6 heteroatoms. The van der Waals surface area contributed by atoms with Crippen molar-refractivity contribution >= 4 is 33.6 Å². The topological polar surface area (TPSA) is 41.9 Å². The highest BCUT2D eigenvalue weighted by Crippen LogP contribution is 2.22. The number of thioether (sulfide) groups is 1. The van der Waals surface area contributed by atoms with Gasteiger partial charge in [-0.25, -0.2) is 4.39 Å². The van der Waals surface area contributed by atoms with Gasteiger partial charge >= 0.3 is 0 Å². The van der Waals surface area contributed by atoms with E-state index in [0.717, 1.165) is 16.3 Å². The summed E-state index contributed by atoms with van der Waals surface area (Å²) in [4.78, 5) is 18.7. The van der Waals surface area contributed by atoms with Crippen molar-refractivity contribution in [2.24, 2.45) is 4.99 Å². The second-order valence-corrected chi connectivity index (χ2v) is 7.37. The summed E-state index contributed by atoms with van der Waals surface area (Å²) >= 11 is 1.44. The van der Waals surface area contributed by atoms with Gasteiger partial charge in [0.2, 0.25) is 0 Å². The normalized spacial score (nSPS) is 13.6. The Labute approximate surface area is 167 Å². The van der Waals surface area contributed by atoms with E-state index in [9.17, 15) is 9.18 Å². The maximum absolute atomic E-state index is 13.3. The van der Waals surface area contributed by atoms with Crippen LogP contribution in [0.15, 0.2) is 71.7 Å². The second-order valence-electron chi connectivity index (χ2n) is 6.43. The molecule has 142 valence electrons. The number of nitrogens with zero attached hydrogens (tertiary/aromatic N) is 2. The van der Waals surface area contributed by atoms with E-state index in [1.807, 2.05) is 48.5 Å². The maximum Gasteiger partial charge on any atom is 0.266 e. The Balaban J connectivity index is 1.34. The number of rotatable bonds is 5. The lowest BCUT2D eigenvalue weighted by Crippen LogP contribution is -2.36. The van der Waals surface area contributed by atoms with Crippen LogP contribution in [0, 0.1) is 5.82 Å². The van der Waals surface area contributed by atoms with Gasteiger partial charge in [-0.05, 0) is 40.6 Å². The van der Waals surface area contributed by atoms with Crippen LogP contribution in [-0.4, -0.2) is 35.7 Å². The molecule has 0 saturated carbocycles. The maximum atomic E-state index is 13.3. The van der Waals surface area contributed by atoms with Crippen molar-refractivity contribution in [2.45, 2.75) is 5.75 Å². The highest BCUT2D eigenvalue weighted by atomic mass is 32.2. The lowest BCUT2D eigenvalue weighted by molar-refractivity contribution is -0.128. The van der Waals surface area contributed by atoms with Crippen LogP contribution in [0.5, 0.6) is 5.75 Å². The fourth-order valence-electron chi connectivity index (χ4n) is 3.04. The summed E-state index contributed by atoms with van der Waals surface area (Å²) in [7, 11) is 0. The van der Waals surface area contributed by atoms with E-state index >= 15 is 0 Å². The van der Waals surface area contributed by atoms with Crippen molar-refractivity contribution in [3.05, 3.63) is 78.1 Å². The molecule has 0 atom stereocenters. The number of amides is 1. The van der Waals surface area contributed by atoms with Gasteiger partial charge in [0.25, 0.3) is 5.91 Å². The van der Waals surface area contributed by atoms with Gasteiger partial charge in [-0.15, -0.1) is 0 Å². The van der Waals surface area contributed by atoms with Gasteiger partial charge in [-0.1, -0.05) is 54.2 Å². The van der Waals surface area contributed by atoms with Gasteiger partial charge in [-0.2, -0.15) is 0 Å². The lowest BCUT2D eigenvalue weighted by Gasteiger charge is -2.18. The summed E-state index contributed by atoms with van der Waals surface area (Å²) in [6.07, 6.45) is 0. The van der Waals surface area contributed by atoms with Crippen molar-refractivity contribution in [1.29, 1.82) is 0 Å². The molecule has 3 aromatic rings. The number of hydrogen-bond acceptors (Lipinski definition) is 4. The van der Waals surface area contributed by atoms with E-state index in [1.54, 1.807) is 11.0 Å². The summed E-state index contributed by atoms with van der Waals surface area (Å²) in [6, 6.07) is 20.2. The molecule has 0 bridgehead atoms. The second kappa shape index (κ2) is 8.44. The predicted molar refractivity (Wildman–Crippen MR) is 111 cm³/mol. The van der Waals surface area contributed by atoms with E-state index in [1.165, 1.54) is 23.9 Å². The molecule has 0 spiro atoms. The van der Waals surface area contributed by atoms with Crippen LogP contribution in [0.25, 0.3) is 10.8 Å². The zero-order valence-electron chi connectivity index (χ0n) is 15.2. The SMILES string of the molecule is O=C(COc1ccc2ccccc2c1)N1CCN=C1SCc1cccc(F)c1. The summed E-state index contributed by atoms with van der Waals surface area (Å²) in [5.74, 6) is 0.836. The third-order valence-electron chi connectivity index (χ3n) is 4.44. The third-order valence-corrected chi connectivity index (χ3v) is 5.53. The molecule has 3 aromatic carbocycles. The zero-order chi connectivity index (χ0) is 19.3. The van der Waals surface area contributed by atoms with E-state index < -0.39 is 0 Å². The first-order valence-electron chi connectivity index (χ1n) is 9.03. The number of amidine groups is 1. The van der Waals surface area contributed by atoms with Crippen LogP contribution in [-0.2, 0) is 10.5 Å². The Morgan fingerprint density at radius 3 is 2.79 bits per heavy atom. The van der Waals surface area contributed by atoms with Gasteiger partial charge in [0, 0.05) is 12.3 Å². The molecule has 0 fully saturated rings. The van der Waals surface area contributed by atoms with Crippen molar-refractivity contribution in [3.63, 3.8) is 0 Å². The summed E-state index contributed by atoms with van der Waals surface area (Å²) < 4.78 is 19.0. The largest absolute Gasteiger partial charge is 0.484 e. The van der Waals surface area contributed by atoms with E-state index in [0.29, 0.717) is 29.8 Å². The third kappa shape index (κ3) is 4.34. The number of hydrogen-bond donors (Lipinski definition) is 0. The van der Waals surface area contributed by atoms with Crippen LogP contribution in [0.3, 0.4) is 0 Å². The minimum absolute atomic E-state index is 0.0438. The molecular formula is C22H19FN2O2S. The van der Waals surface area contributed by atoms with E-state index in [4.69, 9.17) is 4.74 Å². The molecule has 28 heavy (non-hydrogen) atoms. The van der Waals surface area contributed by atoms with Crippen molar-refractivity contribution in [2.75, 3.05) is 19.7 Å². The van der Waals surface area contributed by atoms with Crippen molar-refractivity contribution < 1.29 is 13.9 Å². The quantitative estimate of drug-likeness (QED) is 0.640. The summed E-state index contributed by atoms with van der Waals surface area (Å²) in [5.41, 5.74) is 0.861. The number of fused-ring (bicyclic) bond motifs is 1. The van der Waals surface area contributed by atoms with Gasteiger partial charge in [0.05, 0.1) is 6.54 Å². The smallest absolute Gasteiger partial charge is 0.266 e. The van der Waals surface area contributed by atoms with Crippen molar-refractivity contribution in [1.82, 2.24) is 4.90 Å². The van der Waals surface area contributed by atoms with Gasteiger partial charge in [-0.3, -0.25) is 14.7 Å². The van der Waals surface area contributed by atoms with Crippen LogP contribution >= 0.6 is 11.8 Å². The number of benzene rings is 3. The van der Waals surface area contributed by atoms with Crippen molar-refractivity contribution in [3.8, 4) is 5.75 Å². The van der Waals surface area contributed by atoms with Gasteiger partial charge < -0.3 is 4.74 Å². The Hall–Kier alpha value is -2.86. The van der Waals surface area contributed by atoms with Crippen LogP contribution < -0.4 is 4.74 Å². The average Bonchev–Trinajstić information content (AvgIpc) is 3.19. The monoisotopic (exact) mass is 394 g/mol. The highest BCUT2D eigenvalue weighted by Gasteiger charge is 2.24. The number of carbonyl (C=O) groups is 1. The molecule has 4 nitrogen and oxygen atoms in total. The lowest BCUT2D eigenvalue weighted by atomic mass is 10.1. The van der Waals surface area contributed by atoms with Crippen LogP contribution in [0.4, 0.5) is 4.39 Å². The Morgan fingerprint density at radius 1 is 1.07 bits per heavy atom. The molecule has 1 amide bonds. The molecule has 0 N–H and O–H groups in total. The Morgan fingerprint density at radius 2 is 1.93 bits per heavy atom. The number of halogens is 1. The number of aliphatic imine (C=N–C) groups is 1. The summed E-state index contributed by atoms with van der Waals surface area (Å²) in [6.45, 7) is 1.08. The average molecular weight is 394 g/mol. The molecule has 0 aromatic heterocycles. The molecular weight excluding hydrogens is 375 g/mol. The minimum atomic E-state index is -0.261. The molecule has 0 radical (unpaired) electrons. The molecule has 4 rings (SSSR count). The fraction of sp³-hybridized carbons (Fsp3) is 0.182. The van der Waals surface area contributed by atoms with E-state index in [2.05, 4.69) is 4.99 Å². The molecule has 0 saturated heterocycles. The Kier molecular flexibility index (Phi) is 5.58. The van der Waals surface area contributed by atoms with Crippen LogP contribution in [0.2, 0.25) is 0 Å². The van der Waals surface area contributed by atoms with Crippen LogP contribution in [0.1, 0.15) is 5.56 Å². The highest BCUT2D eigenvalue weighted by molar-refractivity contribution is 8.13. The molecule has 1 aliphatic rings. The first-order valence-corrected chi connectivity index (χ1v) is 10.0. The molecule has 1 aliphatic heterocycles. The number of carbonyl (C=O) groups excluding carboxylic acids is 1. The standard InChI is InChI=1S/C22H19FN2O2S/c23-19-7-3-4-16(12-19)15-28-22-24-10-11-25(22)21(26)14-27-20-9-8-17-5-1-2-6-18(17)13-20/h1-9,12-13H,10-11,14-15H2. The summed E-state index contributed by atoms with van der Waals surface area (Å²) in [5, 5.41) is 2.86. The van der Waals surface area contributed by atoms with E-state index in [-0.39, 0.29) is 18.3 Å². The fourth-order valence-corrected chi connectivity index (χ4v) is 4.04. The molecule has 0 aliphatic carbocycles. The minimum Gasteiger partial charge on any atom is -0.484 e. The first kappa shape index (κ1) is 18.5.